The number of hydrogen-bond acceptors (Lipinski definition) is 3. The van der Waals surface area contributed by atoms with Gasteiger partial charge in [0, 0.05) is 5.69 Å². The van der Waals surface area contributed by atoms with Gasteiger partial charge in [0.1, 0.15) is 0 Å². The van der Waals surface area contributed by atoms with Gasteiger partial charge in [-0.05, 0) is 42.0 Å². The van der Waals surface area contributed by atoms with Gasteiger partial charge in [0.2, 0.25) is 5.91 Å². The molecule has 0 aliphatic rings. The predicted octanol–water partition coefficient (Wildman–Crippen LogP) is 3.99. The summed E-state index contributed by atoms with van der Waals surface area (Å²) < 4.78 is 0. The first-order valence-electron chi connectivity index (χ1n) is 8.72. The molecule has 3 N–H and O–H groups in total. The zero-order valence-electron chi connectivity index (χ0n) is 15.0. The van der Waals surface area contributed by atoms with E-state index < -0.39 is 0 Å². The number of carbonyl (C=O) groups excluding carboxylic acids is 2. The van der Waals surface area contributed by atoms with E-state index in [4.69, 9.17) is 12.2 Å². The van der Waals surface area contributed by atoms with E-state index in [1.807, 2.05) is 60.7 Å². The predicted molar refractivity (Wildman–Crippen MR) is 115 cm³/mol. The van der Waals surface area contributed by atoms with Crippen LogP contribution in [0.4, 0.5) is 11.4 Å². The molecule has 0 bridgehead atoms. The minimum absolute atomic E-state index is 0.140. The van der Waals surface area contributed by atoms with Crippen molar-refractivity contribution in [2.24, 2.45) is 0 Å². The number of benzene rings is 3. The minimum atomic E-state index is -0.271. The molecule has 0 aromatic heterocycles. The lowest BCUT2D eigenvalue weighted by atomic mass is 10.1. The summed E-state index contributed by atoms with van der Waals surface area (Å²) in [7, 11) is 0. The average molecular weight is 389 g/mol. The minimum Gasteiger partial charge on any atom is -0.332 e. The number of thiocarbonyl (C=S) groups is 1. The molecule has 3 aromatic rings. The third-order valence-corrected chi connectivity index (χ3v) is 4.12. The van der Waals surface area contributed by atoms with Crippen LogP contribution in [-0.2, 0) is 11.2 Å². The van der Waals surface area contributed by atoms with Crippen molar-refractivity contribution in [1.29, 1.82) is 0 Å². The van der Waals surface area contributed by atoms with Gasteiger partial charge in [-0.25, -0.2) is 0 Å². The third-order valence-electron chi connectivity index (χ3n) is 3.91. The van der Waals surface area contributed by atoms with Gasteiger partial charge >= 0.3 is 0 Å². The highest BCUT2D eigenvalue weighted by Crippen LogP contribution is 2.17. The van der Waals surface area contributed by atoms with Crippen molar-refractivity contribution in [3.8, 4) is 0 Å². The number of para-hydroxylation sites is 2. The first kappa shape index (κ1) is 19.3. The molecule has 3 rings (SSSR count). The van der Waals surface area contributed by atoms with E-state index in [9.17, 15) is 9.59 Å². The standard InChI is InChI=1S/C22H19N3O2S/c26-20(15-16-9-3-1-4-10-16)25-22(28)24-19-14-8-7-13-18(19)21(27)23-17-11-5-2-6-12-17/h1-14H,15H2,(H,23,27)(H2,24,25,26,28). The molecule has 0 spiro atoms. The molecule has 0 unspecified atom stereocenters. The number of amides is 2. The number of hydrogen-bond donors (Lipinski definition) is 3. The van der Waals surface area contributed by atoms with Crippen LogP contribution in [0.15, 0.2) is 84.9 Å². The van der Waals surface area contributed by atoms with E-state index in [-0.39, 0.29) is 23.3 Å². The lowest BCUT2D eigenvalue weighted by molar-refractivity contribution is -0.119. The molecule has 3 aromatic carbocycles. The van der Waals surface area contributed by atoms with Crippen LogP contribution >= 0.6 is 12.2 Å². The Hall–Kier alpha value is -3.51. The molecule has 0 fully saturated rings. The number of rotatable bonds is 5. The second-order valence-electron chi connectivity index (χ2n) is 6.03. The number of nitrogens with one attached hydrogen (secondary N) is 3. The zero-order valence-corrected chi connectivity index (χ0v) is 15.8. The highest BCUT2D eigenvalue weighted by Gasteiger charge is 2.13. The topological polar surface area (TPSA) is 70.2 Å². The highest BCUT2D eigenvalue weighted by molar-refractivity contribution is 7.80. The fraction of sp³-hybridized carbons (Fsp3) is 0.0455. The van der Waals surface area contributed by atoms with Crippen LogP contribution in [0.5, 0.6) is 0 Å². The van der Waals surface area contributed by atoms with Gasteiger partial charge in [-0.2, -0.15) is 0 Å². The Morgan fingerprint density at radius 3 is 2.07 bits per heavy atom. The van der Waals surface area contributed by atoms with Gasteiger partial charge in [0.15, 0.2) is 5.11 Å². The summed E-state index contributed by atoms with van der Waals surface area (Å²) in [5.41, 5.74) is 2.53. The molecular formula is C22H19N3O2S. The van der Waals surface area contributed by atoms with Gasteiger partial charge in [0.05, 0.1) is 17.7 Å². The van der Waals surface area contributed by atoms with Crippen LogP contribution in [0.25, 0.3) is 0 Å². The van der Waals surface area contributed by atoms with Gasteiger partial charge in [0.25, 0.3) is 5.91 Å². The molecular weight excluding hydrogens is 370 g/mol. The lowest BCUT2D eigenvalue weighted by Crippen LogP contribution is -2.35. The second-order valence-corrected chi connectivity index (χ2v) is 6.44. The van der Waals surface area contributed by atoms with Crippen LogP contribution in [0, 0.1) is 0 Å². The van der Waals surface area contributed by atoms with E-state index in [1.165, 1.54) is 0 Å². The van der Waals surface area contributed by atoms with Crippen LogP contribution in [0.2, 0.25) is 0 Å². The fourth-order valence-corrected chi connectivity index (χ4v) is 2.84. The normalized spacial score (nSPS) is 10.0. The van der Waals surface area contributed by atoms with Crippen LogP contribution in [0.1, 0.15) is 15.9 Å². The van der Waals surface area contributed by atoms with Crippen molar-refractivity contribution < 1.29 is 9.59 Å². The van der Waals surface area contributed by atoms with Crippen molar-refractivity contribution in [2.45, 2.75) is 6.42 Å². The summed E-state index contributed by atoms with van der Waals surface area (Å²) in [5.74, 6) is -0.498. The van der Waals surface area contributed by atoms with Crippen molar-refractivity contribution in [3.05, 3.63) is 96.1 Å². The Balaban J connectivity index is 1.63. The Morgan fingerprint density at radius 1 is 0.750 bits per heavy atom. The molecule has 2 amide bonds. The second kappa shape index (κ2) is 9.43. The van der Waals surface area contributed by atoms with Gasteiger partial charge < -0.3 is 16.0 Å². The highest BCUT2D eigenvalue weighted by atomic mass is 32.1. The van der Waals surface area contributed by atoms with Gasteiger partial charge in [-0.15, -0.1) is 0 Å². The molecule has 0 radical (unpaired) electrons. The van der Waals surface area contributed by atoms with Crippen LogP contribution < -0.4 is 16.0 Å². The summed E-state index contributed by atoms with van der Waals surface area (Å²) in [5, 5.41) is 8.55. The fourth-order valence-electron chi connectivity index (χ4n) is 2.62. The van der Waals surface area contributed by atoms with Crippen molar-refractivity contribution in [2.75, 3.05) is 10.6 Å². The Kier molecular flexibility index (Phi) is 6.49. The summed E-state index contributed by atoms with van der Waals surface area (Å²) in [6.07, 6.45) is 0.221. The maximum absolute atomic E-state index is 12.6. The Labute approximate surface area is 168 Å². The maximum Gasteiger partial charge on any atom is 0.257 e. The van der Waals surface area contributed by atoms with Crippen LogP contribution in [0.3, 0.4) is 0 Å². The quantitative estimate of drug-likeness (QED) is 0.577. The summed E-state index contributed by atoms with van der Waals surface area (Å²) in [6, 6.07) is 25.6. The monoisotopic (exact) mass is 389 g/mol. The molecule has 5 nitrogen and oxygen atoms in total. The first-order valence-corrected chi connectivity index (χ1v) is 9.13. The Bertz CT molecular complexity index is 975. The van der Waals surface area contributed by atoms with E-state index in [0.717, 1.165) is 5.56 Å². The maximum atomic E-state index is 12.6. The van der Waals surface area contributed by atoms with Crippen molar-refractivity contribution in [3.63, 3.8) is 0 Å². The van der Waals surface area contributed by atoms with E-state index in [0.29, 0.717) is 16.9 Å². The lowest BCUT2D eigenvalue weighted by Gasteiger charge is -2.13. The molecule has 28 heavy (non-hydrogen) atoms. The first-order chi connectivity index (χ1) is 13.6. The third kappa shape index (κ3) is 5.49. The molecule has 0 saturated heterocycles. The molecule has 0 atom stereocenters. The largest absolute Gasteiger partial charge is 0.332 e. The van der Waals surface area contributed by atoms with Crippen molar-refractivity contribution in [1.82, 2.24) is 5.32 Å². The number of anilines is 2. The molecule has 0 saturated carbocycles. The van der Waals surface area contributed by atoms with E-state index >= 15 is 0 Å². The Morgan fingerprint density at radius 2 is 1.36 bits per heavy atom. The van der Waals surface area contributed by atoms with Gasteiger partial charge in [-0.3, -0.25) is 9.59 Å². The summed E-state index contributed by atoms with van der Waals surface area (Å²) in [6.45, 7) is 0. The van der Waals surface area contributed by atoms with Crippen LogP contribution in [-0.4, -0.2) is 16.9 Å². The van der Waals surface area contributed by atoms with E-state index in [2.05, 4.69) is 16.0 Å². The summed E-state index contributed by atoms with van der Waals surface area (Å²) >= 11 is 5.23. The smallest absolute Gasteiger partial charge is 0.257 e. The number of carbonyl (C=O) groups is 2. The van der Waals surface area contributed by atoms with Gasteiger partial charge in [-0.1, -0.05) is 60.7 Å². The molecule has 0 heterocycles. The average Bonchev–Trinajstić information content (AvgIpc) is 2.69. The summed E-state index contributed by atoms with van der Waals surface area (Å²) in [4.78, 5) is 24.8. The van der Waals surface area contributed by atoms with E-state index in [1.54, 1.807) is 24.3 Å². The molecule has 0 aliphatic carbocycles. The molecule has 0 aliphatic heterocycles. The SMILES string of the molecule is O=C(Cc1ccccc1)NC(=S)Nc1ccccc1C(=O)Nc1ccccc1. The molecule has 6 heteroatoms. The zero-order chi connectivity index (χ0) is 19.8. The molecule has 140 valence electrons. The van der Waals surface area contributed by atoms with Crippen molar-refractivity contribution >= 4 is 40.5 Å².